The molecule has 0 bridgehead atoms. The van der Waals surface area contributed by atoms with E-state index >= 15 is 0 Å². The molecule has 0 aliphatic heterocycles. The number of nitrogens with two attached hydrogens (primary N) is 1. The van der Waals surface area contributed by atoms with E-state index in [-0.39, 0.29) is 11.1 Å². The Hall–Kier alpha value is -1.15. The van der Waals surface area contributed by atoms with Crippen LogP contribution in [0.3, 0.4) is 0 Å². The van der Waals surface area contributed by atoms with Gasteiger partial charge in [0.2, 0.25) is 5.09 Å². The number of primary sulfonamides is 1. The van der Waals surface area contributed by atoms with Gasteiger partial charge < -0.3 is 9.73 Å². The van der Waals surface area contributed by atoms with Gasteiger partial charge >= 0.3 is 0 Å². The summed E-state index contributed by atoms with van der Waals surface area (Å²) in [7, 11) is -3.76. The lowest BCUT2D eigenvalue weighted by molar-refractivity contribution is 0.394. The molecule has 1 atom stereocenters. The molecule has 0 aliphatic carbocycles. The van der Waals surface area contributed by atoms with Gasteiger partial charge in [0.1, 0.15) is 5.76 Å². The Bertz CT molecular complexity index is 602. The van der Waals surface area contributed by atoms with E-state index in [4.69, 9.17) is 9.56 Å². The average Bonchev–Trinajstić information content (AvgIpc) is 2.96. The Labute approximate surface area is 110 Å². The van der Waals surface area contributed by atoms with E-state index < -0.39 is 10.0 Å². The molecule has 98 valence electrons. The lowest BCUT2D eigenvalue weighted by atomic mass is 10.2. The van der Waals surface area contributed by atoms with Crippen LogP contribution in [-0.4, -0.2) is 8.42 Å². The molecule has 18 heavy (non-hydrogen) atoms. The lowest BCUT2D eigenvalue weighted by Gasteiger charge is -2.10. The maximum absolute atomic E-state index is 11.0. The first kappa shape index (κ1) is 13.3. The Kier molecular flexibility index (Phi) is 3.86. The predicted molar refractivity (Wildman–Crippen MR) is 69.7 cm³/mol. The van der Waals surface area contributed by atoms with Gasteiger partial charge in [-0.05, 0) is 30.5 Å². The summed E-state index contributed by atoms with van der Waals surface area (Å²) in [6, 6.07) is 7.19. The third kappa shape index (κ3) is 3.20. The average molecular weight is 286 g/mol. The SMILES string of the molecule is C[C@@H](NCc1ccc(S(N)(=O)=O)o1)c1cccs1. The summed E-state index contributed by atoms with van der Waals surface area (Å²) in [5.41, 5.74) is 0. The van der Waals surface area contributed by atoms with Gasteiger partial charge in [-0.2, -0.15) is 0 Å². The minimum atomic E-state index is -3.76. The standard InChI is InChI=1S/C11H14N2O3S2/c1-8(10-3-2-6-17-10)13-7-9-4-5-11(16-9)18(12,14)15/h2-6,8,13H,7H2,1H3,(H2,12,14,15)/t8-/m1/s1. The summed E-state index contributed by atoms with van der Waals surface area (Å²) >= 11 is 1.67. The van der Waals surface area contributed by atoms with Crippen LogP contribution in [0.4, 0.5) is 0 Å². The van der Waals surface area contributed by atoms with Crippen LogP contribution in [0, 0.1) is 0 Å². The number of hydrogen-bond donors (Lipinski definition) is 2. The van der Waals surface area contributed by atoms with E-state index in [0.717, 1.165) is 0 Å². The normalized spacial score (nSPS) is 13.7. The van der Waals surface area contributed by atoms with Crippen molar-refractivity contribution in [2.45, 2.75) is 24.6 Å². The predicted octanol–water partition coefficient (Wildman–Crippen LogP) is 1.84. The molecule has 3 N–H and O–H groups in total. The molecular weight excluding hydrogens is 272 g/mol. The molecule has 0 aliphatic rings. The van der Waals surface area contributed by atoms with Gasteiger partial charge in [-0.25, -0.2) is 13.6 Å². The zero-order valence-corrected chi connectivity index (χ0v) is 11.4. The van der Waals surface area contributed by atoms with Crippen molar-refractivity contribution in [3.63, 3.8) is 0 Å². The molecule has 0 radical (unpaired) electrons. The summed E-state index contributed by atoms with van der Waals surface area (Å²) < 4.78 is 27.2. The topological polar surface area (TPSA) is 85.3 Å². The Morgan fingerprint density at radius 2 is 2.22 bits per heavy atom. The highest BCUT2D eigenvalue weighted by atomic mass is 32.2. The van der Waals surface area contributed by atoms with Crippen LogP contribution in [0.1, 0.15) is 23.6 Å². The summed E-state index contributed by atoms with van der Waals surface area (Å²) in [5, 5.41) is 10.0. The quantitative estimate of drug-likeness (QED) is 0.878. The highest BCUT2D eigenvalue weighted by Gasteiger charge is 2.13. The molecule has 0 saturated heterocycles. The molecule has 0 aromatic carbocycles. The smallest absolute Gasteiger partial charge is 0.271 e. The Balaban J connectivity index is 1.97. The van der Waals surface area contributed by atoms with E-state index in [1.165, 1.54) is 10.9 Å². The first-order valence-corrected chi connectivity index (χ1v) is 7.78. The highest BCUT2D eigenvalue weighted by molar-refractivity contribution is 7.89. The molecular formula is C11H14N2O3S2. The summed E-state index contributed by atoms with van der Waals surface area (Å²) in [6.45, 7) is 2.49. The maximum atomic E-state index is 11.0. The Morgan fingerprint density at radius 1 is 1.44 bits per heavy atom. The number of hydrogen-bond acceptors (Lipinski definition) is 5. The Morgan fingerprint density at radius 3 is 2.78 bits per heavy atom. The summed E-state index contributed by atoms with van der Waals surface area (Å²) in [5.74, 6) is 0.544. The number of sulfonamides is 1. The molecule has 2 heterocycles. The summed E-state index contributed by atoms with van der Waals surface area (Å²) in [6.07, 6.45) is 0. The van der Waals surface area contributed by atoms with Gasteiger partial charge in [-0.15, -0.1) is 11.3 Å². The van der Waals surface area contributed by atoms with Crippen molar-refractivity contribution < 1.29 is 12.8 Å². The minimum absolute atomic E-state index is 0.188. The summed E-state index contributed by atoms with van der Waals surface area (Å²) in [4.78, 5) is 1.22. The van der Waals surface area contributed by atoms with Crippen LogP contribution in [-0.2, 0) is 16.6 Å². The lowest BCUT2D eigenvalue weighted by Crippen LogP contribution is -2.16. The van der Waals surface area contributed by atoms with Crippen LogP contribution in [0.25, 0.3) is 0 Å². The second-order valence-electron chi connectivity index (χ2n) is 3.88. The number of rotatable bonds is 5. The number of nitrogens with one attached hydrogen (secondary N) is 1. The van der Waals surface area contributed by atoms with Crippen LogP contribution in [0.15, 0.2) is 39.2 Å². The molecule has 0 saturated carbocycles. The van der Waals surface area contributed by atoms with Gasteiger partial charge in [-0.1, -0.05) is 6.07 Å². The van der Waals surface area contributed by atoms with Crippen molar-refractivity contribution in [1.29, 1.82) is 0 Å². The van der Waals surface area contributed by atoms with Crippen molar-refractivity contribution in [3.8, 4) is 0 Å². The van der Waals surface area contributed by atoms with Gasteiger partial charge in [0, 0.05) is 10.9 Å². The third-order valence-electron chi connectivity index (χ3n) is 2.47. The minimum Gasteiger partial charge on any atom is -0.447 e. The van der Waals surface area contributed by atoms with Crippen LogP contribution in [0.2, 0.25) is 0 Å². The number of thiophene rings is 1. The number of furan rings is 1. The van der Waals surface area contributed by atoms with E-state index in [2.05, 4.69) is 5.32 Å². The molecule has 0 fully saturated rings. The maximum Gasteiger partial charge on any atom is 0.271 e. The zero-order chi connectivity index (χ0) is 13.2. The van der Waals surface area contributed by atoms with Gasteiger partial charge in [0.25, 0.3) is 10.0 Å². The van der Waals surface area contributed by atoms with Crippen molar-refractivity contribution in [2.75, 3.05) is 0 Å². The monoisotopic (exact) mass is 286 g/mol. The first-order chi connectivity index (χ1) is 8.47. The molecule has 2 aromatic heterocycles. The van der Waals surface area contributed by atoms with Crippen molar-refractivity contribution >= 4 is 21.4 Å². The molecule has 7 heteroatoms. The highest BCUT2D eigenvalue weighted by Crippen LogP contribution is 2.19. The molecule has 5 nitrogen and oxygen atoms in total. The molecule has 2 rings (SSSR count). The molecule has 0 unspecified atom stereocenters. The van der Waals surface area contributed by atoms with E-state index in [0.29, 0.717) is 12.3 Å². The van der Waals surface area contributed by atoms with Crippen LogP contribution < -0.4 is 10.5 Å². The molecule has 2 aromatic rings. The fraction of sp³-hybridized carbons (Fsp3) is 0.273. The van der Waals surface area contributed by atoms with Crippen molar-refractivity contribution in [2.24, 2.45) is 5.14 Å². The fourth-order valence-corrected chi connectivity index (χ4v) is 2.74. The van der Waals surface area contributed by atoms with E-state index in [9.17, 15) is 8.42 Å². The van der Waals surface area contributed by atoms with Gasteiger partial charge in [0.15, 0.2) is 0 Å². The van der Waals surface area contributed by atoms with E-state index in [1.807, 2.05) is 24.4 Å². The van der Waals surface area contributed by atoms with Gasteiger partial charge in [0.05, 0.1) is 6.54 Å². The first-order valence-electron chi connectivity index (χ1n) is 5.35. The molecule has 0 spiro atoms. The van der Waals surface area contributed by atoms with Crippen LogP contribution >= 0.6 is 11.3 Å². The zero-order valence-electron chi connectivity index (χ0n) is 9.79. The largest absolute Gasteiger partial charge is 0.447 e. The van der Waals surface area contributed by atoms with Crippen molar-refractivity contribution in [3.05, 3.63) is 40.3 Å². The fourth-order valence-electron chi connectivity index (χ4n) is 1.50. The molecule has 0 amide bonds. The van der Waals surface area contributed by atoms with E-state index in [1.54, 1.807) is 17.4 Å². The van der Waals surface area contributed by atoms with Crippen LogP contribution in [0.5, 0.6) is 0 Å². The third-order valence-corrected chi connectivity index (χ3v) is 4.31. The van der Waals surface area contributed by atoms with Gasteiger partial charge in [-0.3, -0.25) is 0 Å². The van der Waals surface area contributed by atoms with Crippen molar-refractivity contribution in [1.82, 2.24) is 5.32 Å². The second kappa shape index (κ2) is 5.23. The second-order valence-corrected chi connectivity index (χ2v) is 6.36.